The Balaban J connectivity index is 1.93. The summed E-state index contributed by atoms with van der Waals surface area (Å²) in [6.45, 7) is 2.10. The molecule has 0 aliphatic rings. The molecule has 0 fully saturated rings. The molecule has 0 bridgehead atoms. The normalized spacial score (nSPS) is 11.0. The van der Waals surface area contributed by atoms with Crippen molar-refractivity contribution in [2.24, 2.45) is 0 Å². The molecule has 1 aromatic heterocycles. The molecular weight excluding hydrogens is 359 g/mol. The first-order valence-electron chi connectivity index (χ1n) is 6.74. The second kappa shape index (κ2) is 6.44. The van der Waals surface area contributed by atoms with Crippen LogP contribution in [0.3, 0.4) is 0 Å². The molecule has 0 radical (unpaired) electrons. The topological polar surface area (TPSA) is 39.4 Å². The van der Waals surface area contributed by atoms with E-state index in [-0.39, 0.29) is 17.1 Å². The number of hydrogen-bond donors (Lipinski definition) is 0. The maximum absolute atomic E-state index is 12.0. The van der Waals surface area contributed by atoms with Crippen LogP contribution in [-0.2, 0) is 6.61 Å². The maximum Gasteiger partial charge on any atom is 0.211 e. The number of hydrogen-bond acceptors (Lipinski definition) is 3. The highest BCUT2D eigenvalue weighted by atomic mass is 35.5. The van der Waals surface area contributed by atoms with Crippen molar-refractivity contribution in [3.05, 3.63) is 73.0 Å². The fourth-order valence-corrected chi connectivity index (χ4v) is 2.86. The van der Waals surface area contributed by atoms with Crippen molar-refractivity contribution in [1.29, 1.82) is 0 Å². The lowest BCUT2D eigenvalue weighted by molar-refractivity contribution is 0.304. The molecule has 0 aliphatic heterocycles. The summed E-state index contributed by atoms with van der Waals surface area (Å²) in [4.78, 5) is 12.0. The Kier molecular flexibility index (Phi) is 4.53. The molecule has 1 heterocycles. The van der Waals surface area contributed by atoms with E-state index >= 15 is 0 Å². The molecule has 23 heavy (non-hydrogen) atoms. The van der Waals surface area contributed by atoms with E-state index in [9.17, 15) is 4.79 Å². The van der Waals surface area contributed by atoms with Gasteiger partial charge >= 0.3 is 0 Å². The number of halogens is 3. The van der Waals surface area contributed by atoms with Gasteiger partial charge in [0.2, 0.25) is 5.43 Å². The summed E-state index contributed by atoms with van der Waals surface area (Å²) < 4.78 is 11.2. The zero-order chi connectivity index (χ0) is 16.6. The molecule has 6 heteroatoms. The zero-order valence-corrected chi connectivity index (χ0v) is 14.3. The van der Waals surface area contributed by atoms with Gasteiger partial charge in [0, 0.05) is 21.2 Å². The molecular formula is C17H11Cl3O3. The standard InChI is InChI=1S/C17H11Cl3O3/c1-9-15(22-7-10-2-3-11(18)6-13(10)19)5-4-12-16(21)14(20)8-23-17(9)12/h2-6,8H,7H2,1H3. The van der Waals surface area contributed by atoms with Gasteiger partial charge in [0.25, 0.3) is 0 Å². The van der Waals surface area contributed by atoms with Crippen molar-refractivity contribution < 1.29 is 9.15 Å². The van der Waals surface area contributed by atoms with E-state index in [4.69, 9.17) is 44.0 Å². The van der Waals surface area contributed by atoms with Crippen molar-refractivity contribution in [1.82, 2.24) is 0 Å². The molecule has 0 amide bonds. The Bertz CT molecular complexity index is 948. The highest BCUT2D eigenvalue weighted by Crippen LogP contribution is 2.28. The van der Waals surface area contributed by atoms with Gasteiger partial charge in [-0.25, -0.2) is 0 Å². The highest BCUT2D eigenvalue weighted by molar-refractivity contribution is 6.35. The van der Waals surface area contributed by atoms with Crippen LogP contribution in [0.2, 0.25) is 15.1 Å². The van der Waals surface area contributed by atoms with Gasteiger partial charge < -0.3 is 9.15 Å². The van der Waals surface area contributed by atoms with Crippen LogP contribution >= 0.6 is 34.8 Å². The second-order valence-electron chi connectivity index (χ2n) is 5.00. The van der Waals surface area contributed by atoms with Gasteiger partial charge in [-0.2, -0.15) is 0 Å². The average molecular weight is 370 g/mol. The van der Waals surface area contributed by atoms with Gasteiger partial charge in [0.15, 0.2) is 0 Å². The number of rotatable bonds is 3. The van der Waals surface area contributed by atoms with E-state index in [1.807, 2.05) is 6.92 Å². The molecule has 3 rings (SSSR count). The SMILES string of the molecule is Cc1c(OCc2ccc(Cl)cc2Cl)ccc2c(=O)c(Cl)coc12. The predicted molar refractivity (Wildman–Crippen MR) is 93.0 cm³/mol. The average Bonchev–Trinajstić information content (AvgIpc) is 2.52. The lowest BCUT2D eigenvalue weighted by Crippen LogP contribution is -2.03. The van der Waals surface area contributed by atoms with Crippen molar-refractivity contribution in [2.45, 2.75) is 13.5 Å². The minimum atomic E-state index is -0.261. The molecule has 0 unspecified atom stereocenters. The summed E-state index contributed by atoms with van der Waals surface area (Å²) in [5.74, 6) is 0.606. The minimum Gasteiger partial charge on any atom is -0.488 e. The molecule has 2 aromatic carbocycles. The zero-order valence-electron chi connectivity index (χ0n) is 12.0. The van der Waals surface area contributed by atoms with Crippen LogP contribution in [0.4, 0.5) is 0 Å². The molecule has 0 atom stereocenters. The van der Waals surface area contributed by atoms with Crippen LogP contribution < -0.4 is 10.2 Å². The van der Waals surface area contributed by atoms with Gasteiger partial charge in [-0.15, -0.1) is 0 Å². The number of aryl methyl sites for hydroxylation is 1. The molecule has 0 saturated carbocycles. The Labute approximate surface area is 147 Å². The highest BCUT2D eigenvalue weighted by Gasteiger charge is 2.12. The molecule has 0 spiro atoms. The number of ether oxygens (including phenoxy) is 1. The van der Waals surface area contributed by atoms with Crippen molar-refractivity contribution in [2.75, 3.05) is 0 Å². The largest absolute Gasteiger partial charge is 0.488 e. The number of fused-ring (bicyclic) bond motifs is 1. The van der Waals surface area contributed by atoms with Crippen LogP contribution in [0.15, 0.2) is 45.8 Å². The summed E-state index contributed by atoms with van der Waals surface area (Å²) in [6.07, 6.45) is 1.24. The summed E-state index contributed by atoms with van der Waals surface area (Å²) in [5.41, 5.74) is 1.73. The van der Waals surface area contributed by atoms with E-state index in [1.54, 1.807) is 30.3 Å². The van der Waals surface area contributed by atoms with Crippen LogP contribution in [0.5, 0.6) is 5.75 Å². The molecule has 0 N–H and O–H groups in total. The van der Waals surface area contributed by atoms with Crippen LogP contribution in [0, 0.1) is 6.92 Å². The van der Waals surface area contributed by atoms with Crippen molar-refractivity contribution in [3.8, 4) is 5.75 Å². The van der Waals surface area contributed by atoms with E-state index < -0.39 is 0 Å². The minimum absolute atomic E-state index is 0.0542. The lowest BCUT2D eigenvalue weighted by Gasteiger charge is -2.11. The third-order valence-electron chi connectivity index (χ3n) is 3.50. The van der Waals surface area contributed by atoms with Gasteiger partial charge in [0.1, 0.15) is 29.2 Å². The Hall–Kier alpha value is -1.68. The van der Waals surface area contributed by atoms with E-state index in [2.05, 4.69) is 0 Å². The quantitative estimate of drug-likeness (QED) is 0.599. The first-order valence-corrected chi connectivity index (χ1v) is 7.88. The Morgan fingerprint density at radius 2 is 1.87 bits per heavy atom. The fourth-order valence-electron chi connectivity index (χ4n) is 2.25. The third kappa shape index (κ3) is 3.18. The van der Waals surface area contributed by atoms with Crippen LogP contribution in [-0.4, -0.2) is 0 Å². The smallest absolute Gasteiger partial charge is 0.211 e. The first-order chi connectivity index (χ1) is 11.0. The first kappa shape index (κ1) is 16.2. The second-order valence-corrected chi connectivity index (χ2v) is 6.25. The Morgan fingerprint density at radius 1 is 1.09 bits per heavy atom. The summed E-state index contributed by atoms with van der Waals surface area (Å²) in [7, 11) is 0. The molecule has 0 aliphatic carbocycles. The summed E-state index contributed by atoms with van der Waals surface area (Å²) in [5, 5.41) is 1.58. The van der Waals surface area contributed by atoms with Crippen molar-refractivity contribution >= 4 is 45.8 Å². The molecule has 3 nitrogen and oxygen atoms in total. The summed E-state index contributed by atoms with van der Waals surface area (Å²) >= 11 is 17.8. The van der Waals surface area contributed by atoms with Crippen molar-refractivity contribution in [3.63, 3.8) is 0 Å². The molecule has 118 valence electrons. The predicted octanol–water partition coefficient (Wildman–Crippen LogP) is 5.64. The maximum atomic E-state index is 12.0. The summed E-state index contributed by atoms with van der Waals surface area (Å²) in [6, 6.07) is 8.57. The molecule has 3 aromatic rings. The van der Waals surface area contributed by atoms with Gasteiger partial charge in [-0.1, -0.05) is 40.9 Å². The van der Waals surface area contributed by atoms with Gasteiger partial charge in [0.05, 0.1) is 5.39 Å². The Morgan fingerprint density at radius 3 is 2.61 bits per heavy atom. The van der Waals surface area contributed by atoms with E-state index in [1.165, 1.54) is 6.26 Å². The van der Waals surface area contributed by atoms with Gasteiger partial charge in [-0.3, -0.25) is 4.79 Å². The fraction of sp³-hybridized carbons (Fsp3) is 0.118. The monoisotopic (exact) mass is 368 g/mol. The molecule has 0 saturated heterocycles. The van der Waals surface area contributed by atoms with Crippen LogP contribution in [0.25, 0.3) is 11.0 Å². The number of benzene rings is 2. The van der Waals surface area contributed by atoms with E-state index in [0.717, 1.165) is 11.1 Å². The lowest BCUT2D eigenvalue weighted by atomic mass is 10.1. The van der Waals surface area contributed by atoms with Crippen LogP contribution in [0.1, 0.15) is 11.1 Å². The van der Waals surface area contributed by atoms with E-state index in [0.29, 0.717) is 26.8 Å². The van der Waals surface area contributed by atoms with Gasteiger partial charge in [-0.05, 0) is 31.2 Å². The third-order valence-corrected chi connectivity index (χ3v) is 4.34.